The highest BCUT2D eigenvalue weighted by Crippen LogP contribution is 2.30. The van der Waals surface area contributed by atoms with Crippen LogP contribution in [0.4, 0.5) is 0 Å². The number of methoxy groups -OCH3 is 2. The van der Waals surface area contributed by atoms with Crippen LogP contribution in [0.5, 0.6) is 11.5 Å². The third-order valence-corrected chi connectivity index (χ3v) is 5.95. The third-order valence-electron chi connectivity index (χ3n) is 5.95. The molecule has 2 aliphatic rings. The SMILES string of the molecule is CN=C(NCc1cccc(OC)c1OC)NC1CCN(C(=O)C2CCCCC2)C1. The number of rotatable bonds is 6. The van der Waals surface area contributed by atoms with Crippen LogP contribution in [-0.4, -0.2) is 57.2 Å². The summed E-state index contributed by atoms with van der Waals surface area (Å²) in [6.07, 6.45) is 6.71. The molecule has 0 spiro atoms. The van der Waals surface area contributed by atoms with Gasteiger partial charge in [0.05, 0.1) is 14.2 Å². The summed E-state index contributed by atoms with van der Waals surface area (Å²) in [5, 5.41) is 6.81. The summed E-state index contributed by atoms with van der Waals surface area (Å²) in [4.78, 5) is 19.1. The van der Waals surface area contributed by atoms with E-state index in [9.17, 15) is 4.79 Å². The lowest BCUT2D eigenvalue weighted by atomic mass is 9.88. The van der Waals surface area contributed by atoms with E-state index in [-0.39, 0.29) is 12.0 Å². The van der Waals surface area contributed by atoms with Gasteiger partial charge in [-0.1, -0.05) is 31.4 Å². The summed E-state index contributed by atoms with van der Waals surface area (Å²) in [6.45, 7) is 2.14. The molecule has 3 rings (SSSR count). The zero-order valence-electron chi connectivity index (χ0n) is 17.9. The second kappa shape index (κ2) is 10.4. The number of guanidine groups is 1. The van der Waals surface area contributed by atoms with E-state index in [4.69, 9.17) is 9.47 Å². The predicted molar refractivity (Wildman–Crippen MR) is 114 cm³/mol. The first-order valence-electron chi connectivity index (χ1n) is 10.6. The maximum Gasteiger partial charge on any atom is 0.225 e. The monoisotopic (exact) mass is 402 g/mol. The highest BCUT2D eigenvalue weighted by molar-refractivity contribution is 5.81. The van der Waals surface area contributed by atoms with Gasteiger partial charge in [-0.2, -0.15) is 0 Å². The van der Waals surface area contributed by atoms with E-state index in [1.54, 1.807) is 21.3 Å². The van der Waals surface area contributed by atoms with Crippen LogP contribution in [0, 0.1) is 5.92 Å². The van der Waals surface area contributed by atoms with Crippen molar-refractivity contribution in [3.05, 3.63) is 23.8 Å². The van der Waals surface area contributed by atoms with Crippen molar-refractivity contribution in [2.75, 3.05) is 34.4 Å². The molecule has 1 atom stereocenters. The Morgan fingerprint density at radius 2 is 1.97 bits per heavy atom. The summed E-state index contributed by atoms with van der Waals surface area (Å²) in [5.74, 6) is 2.75. The van der Waals surface area contributed by atoms with E-state index in [2.05, 4.69) is 15.6 Å². The van der Waals surface area contributed by atoms with E-state index in [1.807, 2.05) is 23.1 Å². The largest absolute Gasteiger partial charge is 0.493 e. The van der Waals surface area contributed by atoms with Gasteiger partial charge in [-0.25, -0.2) is 0 Å². The molecule has 7 heteroatoms. The first-order valence-corrected chi connectivity index (χ1v) is 10.6. The van der Waals surface area contributed by atoms with Crippen molar-refractivity contribution in [3.8, 4) is 11.5 Å². The van der Waals surface area contributed by atoms with Crippen molar-refractivity contribution in [2.45, 2.75) is 51.1 Å². The second-order valence-corrected chi connectivity index (χ2v) is 7.83. The molecule has 7 nitrogen and oxygen atoms in total. The molecule has 160 valence electrons. The van der Waals surface area contributed by atoms with Crippen LogP contribution in [0.2, 0.25) is 0 Å². The number of benzene rings is 1. The normalized spacial score (nSPS) is 20.4. The summed E-state index contributed by atoms with van der Waals surface area (Å²) in [5.41, 5.74) is 0.996. The molecule has 1 saturated carbocycles. The van der Waals surface area contributed by atoms with Crippen molar-refractivity contribution in [3.63, 3.8) is 0 Å². The van der Waals surface area contributed by atoms with Crippen LogP contribution in [0.15, 0.2) is 23.2 Å². The van der Waals surface area contributed by atoms with Gasteiger partial charge in [0.1, 0.15) is 0 Å². The van der Waals surface area contributed by atoms with Gasteiger partial charge >= 0.3 is 0 Å². The van der Waals surface area contributed by atoms with Crippen molar-refractivity contribution in [1.82, 2.24) is 15.5 Å². The Bertz CT molecular complexity index is 716. The van der Waals surface area contributed by atoms with Gasteiger partial charge in [0.2, 0.25) is 5.91 Å². The van der Waals surface area contributed by atoms with E-state index >= 15 is 0 Å². The van der Waals surface area contributed by atoms with Gasteiger partial charge in [0.25, 0.3) is 0 Å². The number of carbonyl (C=O) groups excluding carboxylic acids is 1. The van der Waals surface area contributed by atoms with Crippen molar-refractivity contribution in [2.24, 2.45) is 10.9 Å². The molecule has 1 amide bonds. The van der Waals surface area contributed by atoms with Gasteiger partial charge < -0.3 is 25.0 Å². The topological polar surface area (TPSA) is 75.2 Å². The summed E-state index contributed by atoms with van der Waals surface area (Å²) < 4.78 is 10.9. The number of para-hydroxylation sites is 1. The number of aliphatic imine (C=N–C) groups is 1. The molecule has 1 aliphatic carbocycles. The van der Waals surface area contributed by atoms with E-state index in [0.717, 1.165) is 49.6 Å². The minimum absolute atomic E-state index is 0.223. The Labute approximate surface area is 173 Å². The highest BCUT2D eigenvalue weighted by atomic mass is 16.5. The first kappa shape index (κ1) is 21.3. The Kier molecular flexibility index (Phi) is 7.61. The van der Waals surface area contributed by atoms with Gasteiger partial charge in [0, 0.05) is 44.2 Å². The zero-order chi connectivity index (χ0) is 20.6. The molecular weight excluding hydrogens is 368 g/mol. The fraction of sp³-hybridized carbons (Fsp3) is 0.636. The second-order valence-electron chi connectivity index (χ2n) is 7.83. The minimum atomic E-state index is 0.223. The van der Waals surface area contributed by atoms with E-state index in [1.165, 1.54) is 19.3 Å². The standard InChI is InChI=1S/C22H34N4O3/c1-23-22(24-14-17-10-7-11-19(28-2)20(17)29-3)25-18-12-13-26(15-18)21(27)16-8-5-4-6-9-16/h7,10-11,16,18H,4-6,8-9,12-15H2,1-3H3,(H2,23,24,25). The molecule has 0 aromatic heterocycles. The van der Waals surface area contributed by atoms with Crippen molar-refractivity contribution in [1.29, 1.82) is 0 Å². The number of hydrogen-bond acceptors (Lipinski definition) is 4. The van der Waals surface area contributed by atoms with Crippen LogP contribution in [0.25, 0.3) is 0 Å². The average molecular weight is 403 g/mol. The third kappa shape index (κ3) is 5.34. The lowest BCUT2D eigenvalue weighted by molar-refractivity contribution is -0.135. The summed E-state index contributed by atoms with van der Waals surface area (Å²) in [6, 6.07) is 6.05. The van der Waals surface area contributed by atoms with Gasteiger partial charge in [0.15, 0.2) is 17.5 Å². The number of nitrogens with one attached hydrogen (secondary N) is 2. The number of likely N-dealkylation sites (tertiary alicyclic amines) is 1. The smallest absolute Gasteiger partial charge is 0.225 e. The number of hydrogen-bond donors (Lipinski definition) is 2. The Morgan fingerprint density at radius 1 is 1.17 bits per heavy atom. The number of nitrogens with zero attached hydrogens (tertiary/aromatic N) is 2. The molecule has 1 aromatic rings. The van der Waals surface area contributed by atoms with Crippen molar-refractivity contribution >= 4 is 11.9 Å². The van der Waals surface area contributed by atoms with Crippen molar-refractivity contribution < 1.29 is 14.3 Å². The minimum Gasteiger partial charge on any atom is -0.493 e. The molecule has 1 aliphatic heterocycles. The molecule has 1 aromatic carbocycles. The fourth-order valence-corrected chi connectivity index (χ4v) is 4.35. The number of ether oxygens (including phenoxy) is 2. The molecule has 29 heavy (non-hydrogen) atoms. The number of amides is 1. The summed E-state index contributed by atoms with van der Waals surface area (Å²) >= 11 is 0. The Morgan fingerprint density at radius 3 is 2.66 bits per heavy atom. The maximum absolute atomic E-state index is 12.8. The molecular formula is C22H34N4O3. The predicted octanol–water partition coefficient (Wildman–Crippen LogP) is 2.55. The fourth-order valence-electron chi connectivity index (χ4n) is 4.35. The molecule has 0 radical (unpaired) electrons. The molecule has 1 saturated heterocycles. The van der Waals surface area contributed by atoms with E-state index < -0.39 is 0 Å². The molecule has 0 bridgehead atoms. The average Bonchev–Trinajstić information content (AvgIpc) is 3.24. The van der Waals surface area contributed by atoms with E-state index in [0.29, 0.717) is 18.2 Å². The highest BCUT2D eigenvalue weighted by Gasteiger charge is 2.31. The van der Waals surface area contributed by atoms with Crippen LogP contribution < -0.4 is 20.1 Å². The quantitative estimate of drug-likeness (QED) is 0.565. The molecule has 1 unspecified atom stereocenters. The van der Waals surface area contributed by atoms with Crippen LogP contribution >= 0.6 is 0 Å². The van der Waals surface area contributed by atoms with Gasteiger partial charge in [-0.3, -0.25) is 9.79 Å². The summed E-state index contributed by atoms with van der Waals surface area (Å²) in [7, 11) is 5.04. The maximum atomic E-state index is 12.8. The molecule has 1 heterocycles. The van der Waals surface area contributed by atoms with Crippen LogP contribution in [0.1, 0.15) is 44.1 Å². The molecule has 2 N–H and O–H groups in total. The van der Waals surface area contributed by atoms with Crippen LogP contribution in [-0.2, 0) is 11.3 Å². The molecule has 2 fully saturated rings. The first-order chi connectivity index (χ1) is 14.2. The Balaban J connectivity index is 1.51. The van der Waals surface area contributed by atoms with Crippen LogP contribution in [0.3, 0.4) is 0 Å². The lowest BCUT2D eigenvalue weighted by Gasteiger charge is -2.26. The lowest BCUT2D eigenvalue weighted by Crippen LogP contribution is -2.45. The number of carbonyl (C=O) groups is 1. The zero-order valence-corrected chi connectivity index (χ0v) is 17.9. The van der Waals surface area contributed by atoms with Gasteiger partial charge in [-0.05, 0) is 25.3 Å². The van der Waals surface area contributed by atoms with Gasteiger partial charge in [-0.15, -0.1) is 0 Å². The Hall–Kier alpha value is -2.44.